The van der Waals surface area contributed by atoms with E-state index in [1.54, 1.807) is 6.07 Å². The summed E-state index contributed by atoms with van der Waals surface area (Å²) in [5.41, 5.74) is 7.10. The zero-order valence-corrected chi connectivity index (χ0v) is 10.7. The molecule has 0 aliphatic carbocycles. The molecule has 0 aliphatic rings. The minimum Gasteiger partial charge on any atom is -0.394 e. The third-order valence-corrected chi connectivity index (χ3v) is 3.22. The van der Waals surface area contributed by atoms with E-state index < -0.39 is 0 Å². The van der Waals surface area contributed by atoms with Crippen molar-refractivity contribution in [3.05, 3.63) is 35.1 Å². The fourth-order valence-corrected chi connectivity index (χ4v) is 1.53. The van der Waals surface area contributed by atoms with Gasteiger partial charge in [0.05, 0.1) is 6.61 Å². The molecule has 3 N–H and O–H groups in total. The Kier molecular flexibility index (Phi) is 4.62. The number of nitrogens with zero attached hydrogens (tertiary/aromatic N) is 1. The second-order valence-electron chi connectivity index (χ2n) is 4.94. The van der Waals surface area contributed by atoms with Crippen LogP contribution in [0.25, 0.3) is 0 Å². The molecule has 17 heavy (non-hydrogen) atoms. The smallest absolute Gasteiger partial charge is 0.123 e. The van der Waals surface area contributed by atoms with Crippen LogP contribution < -0.4 is 5.73 Å². The molecule has 4 heteroatoms. The van der Waals surface area contributed by atoms with Crippen molar-refractivity contribution in [2.75, 3.05) is 13.7 Å². The van der Waals surface area contributed by atoms with Gasteiger partial charge in [-0.1, -0.05) is 6.07 Å². The van der Waals surface area contributed by atoms with Gasteiger partial charge >= 0.3 is 0 Å². The van der Waals surface area contributed by atoms with Gasteiger partial charge in [-0.05, 0) is 44.2 Å². The second-order valence-corrected chi connectivity index (χ2v) is 4.94. The maximum atomic E-state index is 13.2. The molecule has 0 spiro atoms. The van der Waals surface area contributed by atoms with Crippen molar-refractivity contribution >= 4 is 0 Å². The Morgan fingerprint density at radius 3 is 2.53 bits per heavy atom. The molecular formula is C13H21FN2O. The van der Waals surface area contributed by atoms with E-state index >= 15 is 0 Å². The molecule has 0 bridgehead atoms. The normalized spacial score (nSPS) is 12.2. The number of hydrogen-bond acceptors (Lipinski definition) is 3. The molecule has 0 atom stereocenters. The molecule has 0 unspecified atom stereocenters. The van der Waals surface area contributed by atoms with E-state index in [2.05, 4.69) is 0 Å². The molecule has 0 saturated heterocycles. The topological polar surface area (TPSA) is 49.5 Å². The quantitative estimate of drug-likeness (QED) is 0.819. The molecule has 0 heterocycles. The van der Waals surface area contributed by atoms with Crippen molar-refractivity contribution in [2.45, 2.75) is 32.5 Å². The number of halogens is 1. The van der Waals surface area contributed by atoms with Crippen molar-refractivity contribution in [3.63, 3.8) is 0 Å². The summed E-state index contributed by atoms with van der Waals surface area (Å²) in [6, 6.07) is 4.64. The lowest BCUT2D eigenvalue weighted by Crippen LogP contribution is -2.43. The number of aliphatic hydroxyl groups is 1. The van der Waals surface area contributed by atoms with Gasteiger partial charge in [0.1, 0.15) is 5.82 Å². The van der Waals surface area contributed by atoms with Gasteiger partial charge in [0.25, 0.3) is 0 Å². The second kappa shape index (κ2) is 5.58. The van der Waals surface area contributed by atoms with Crippen molar-refractivity contribution < 1.29 is 9.50 Å². The molecule has 1 rings (SSSR count). The Balaban J connectivity index is 2.91. The van der Waals surface area contributed by atoms with E-state index in [0.29, 0.717) is 13.1 Å². The van der Waals surface area contributed by atoms with Crippen LogP contribution in [-0.4, -0.2) is 29.2 Å². The standard InChI is InChI=1S/C13H21FN2O/c1-13(2,9-17)16(3)8-11-6-12(14)5-4-10(11)7-15/h4-6,17H,7-9,15H2,1-3H3. The summed E-state index contributed by atoms with van der Waals surface area (Å²) >= 11 is 0. The largest absolute Gasteiger partial charge is 0.394 e. The number of aliphatic hydroxyl groups excluding tert-OH is 1. The first-order valence-electron chi connectivity index (χ1n) is 5.70. The maximum Gasteiger partial charge on any atom is 0.123 e. The van der Waals surface area contributed by atoms with E-state index in [9.17, 15) is 9.50 Å². The Bertz CT molecular complexity index is 380. The molecule has 96 valence electrons. The van der Waals surface area contributed by atoms with Crippen molar-refractivity contribution in [2.24, 2.45) is 5.73 Å². The molecule has 3 nitrogen and oxygen atoms in total. The molecular weight excluding hydrogens is 219 g/mol. The van der Waals surface area contributed by atoms with Crippen LogP contribution >= 0.6 is 0 Å². The number of rotatable bonds is 5. The van der Waals surface area contributed by atoms with Crippen molar-refractivity contribution in [1.82, 2.24) is 4.90 Å². The van der Waals surface area contributed by atoms with Gasteiger partial charge in [0, 0.05) is 18.6 Å². The fraction of sp³-hybridized carbons (Fsp3) is 0.538. The van der Waals surface area contributed by atoms with Crippen LogP contribution in [0.3, 0.4) is 0 Å². The van der Waals surface area contributed by atoms with E-state index in [4.69, 9.17) is 5.73 Å². The van der Waals surface area contributed by atoms with Gasteiger partial charge < -0.3 is 10.8 Å². The molecule has 0 fully saturated rings. The minimum absolute atomic E-state index is 0.0524. The predicted octanol–water partition coefficient (Wildman–Crippen LogP) is 1.49. The van der Waals surface area contributed by atoms with Crippen LogP contribution in [0.4, 0.5) is 4.39 Å². The van der Waals surface area contributed by atoms with Crippen LogP contribution in [-0.2, 0) is 13.1 Å². The van der Waals surface area contributed by atoms with E-state index in [1.807, 2.05) is 25.8 Å². The molecule has 1 aromatic carbocycles. The van der Waals surface area contributed by atoms with Gasteiger partial charge in [-0.15, -0.1) is 0 Å². The zero-order chi connectivity index (χ0) is 13.1. The van der Waals surface area contributed by atoms with Gasteiger partial charge in [0.15, 0.2) is 0 Å². The van der Waals surface area contributed by atoms with Gasteiger partial charge in [-0.2, -0.15) is 0 Å². The summed E-state index contributed by atoms with van der Waals surface area (Å²) in [5, 5.41) is 9.28. The van der Waals surface area contributed by atoms with Crippen LogP contribution in [0.1, 0.15) is 25.0 Å². The predicted molar refractivity (Wildman–Crippen MR) is 66.9 cm³/mol. The van der Waals surface area contributed by atoms with E-state index in [1.165, 1.54) is 12.1 Å². The lowest BCUT2D eigenvalue weighted by atomic mass is 10.0. The number of likely N-dealkylation sites (N-methyl/N-ethyl adjacent to an activating group) is 1. The van der Waals surface area contributed by atoms with Gasteiger partial charge in [-0.25, -0.2) is 4.39 Å². The van der Waals surface area contributed by atoms with Crippen LogP contribution in [0.5, 0.6) is 0 Å². The summed E-state index contributed by atoms with van der Waals surface area (Å²) in [6.07, 6.45) is 0. The van der Waals surface area contributed by atoms with Crippen LogP contribution in [0, 0.1) is 5.82 Å². The highest BCUT2D eigenvalue weighted by Gasteiger charge is 2.23. The third-order valence-electron chi connectivity index (χ3n) is 3.22. The van der Waals surface area contributed by atoms with Gasteiger partial charge in [-0.3, -0.25) is 4.90 Å². The Hall–Kier alpha value is -0.970. The Morgan fingerprint density at radius 1 is 1.35 bits per heavy atom. The molecule has 0 radical (unpaired) electrons. The highest BCUT2D eigenvalue weighted by atomic mass is 19.1. The number of benzene rings is 1. The van der Waals surface area contributed by atoms with Crippen molar-refractivity contribution in [1.29, 1.82) is 0 Å². The zero-order valence-electron chi connectivity index (χ0n) is 10.7. The molecule has 1 aromatic rings. The summed E-state index contributed by atoms with van der Waals surface area (Å²) in [7, 11) is 1.90. The lowest BCUT2D eigenvalue weighted by Gasteiger charge is -2.34. The van der Waals surface area contributed by atoms with Crippen molar-refractivity contribution in [3.8, 4) is 0 Å². The van der Waals surface area contributed by atoms with Crippen LogP contribution in [0.2, 0.25) is 0 Å². The van der Waals surface area contributed by atoms with Crippen LogP contribution in [0.15, 0.2) is 18.2 Å². The minimum atomic E-state index is -0.335. The van der Waals surface area contributed by atoms with E-state index in [-0.39, 0.29) is 18.0 Å². The number of hydrogen-bond donors (Lipinski definition) is 2. The fourth-order valence-electron chi connectivity index (χ4n) is 1.53. The first-order chi connectivity index (χ1) is 7.90. The summed E-state index contributed by atoms with van der Waals surface area (Å²) in [6.45, 7) is 4.89. The molecule has 0 aromatic heterocycles. The first kappa shape index (κ1) is 14.1. The summed E-state index contributed by atoms with van der Waals surface area (Å²) in [5.74, 6) is -0.257. The number of nitrogens with two attached hydrogens (primary N) is 1. The highest BCUT2D eigenvalue weighted by Crippen LogP contribution is 2.18. The van der Waals surface area contributed by atoms with Gasteiger partial charge in [0.2, 0.25) is 0 Å². The average Bonchev–Trinajstić information content (AvgIpc) is 2.29. The Morgan fingerprint density at radius 2 is 2.00 bits per heavy atom. The third kappa shape index (κ3) is 3.49. The molecule has 0 amide bonds. The molecule has 0 saturated carbocycles. The SMILES string of the molecule is CN(Cc1cc(F)ccc1CN)C(C)(C)CO. The Labute approximate surface area is 102 Å². The lowest BCUT2D eigenvalue weighted by molar-refractivity contribution is 0.0731. The maximum absolute atomic E-state index is 13.2. The van der Waals surface area contributed by atoms with E-state index in [0.717, 1.165) is 11.1 Å². The first-order valence-corrected chi connectivity index (χ1v) is 5.70. The monoisotopic (exact) mass is 240 g/mol. The summed E-state index contributed by atoms with van der Waals surface area (Å²) < 4.78 is 13.2. The molecule has 0 aliphatic heterocycles. The summed E-state index contributed by atoms with van der Waals surface area (Å²) in [4.78, 5) is 1.99. The highest BCUT2D eigenvalue weighted by molar-refractivity contribution is 5.27. The average molecular weight is 240 g/mol.